The zero-order valence-electron chi connectivity index (χ0n) is 14.1. The highest BCUT2D eigenvalue weighted by molar-refractivity contribution is 5.79. The van der Waals surface area contributed by atoms with Crippen LogP contribution in [0.15, 0.2) is 53.5 Å². The highest BCUT2D eigenvalue weighted by Crippen LogP contribution is 2.27. The molecule has 0 fully saturated rings. The van der Waals surface area contributed by atoms with Gasteiger partial charge >= 0.3 is 0 Å². The minimum Gasteiger partial charge on any atom is -0.496 e. The van der Waals surface area contributed by atoms with Crippen LogP contribution in [0, 0.1) is 0 Å². The van der Waals surface area contributed by atoms with Crippen LogP contribution < -0.4 is 20.1 Å². The van der Waals surface area contributed by atoms with E-state index in [2.05, 4.69) is 21.7 Å². The molecule has 1 unspecified atom stereocenters. The normalized spacial score (nSPS) is 16.2. The number of nitrogens with one attached hydrogen (secondary N) is 2. The summed E-state index contributed by atoms with van der Waals surface area (Å²) in [6.45, 7) is 1.36. The molecule has 0 bridgehead atoms. The van der Waals surface area contributed by atoms with E-state index < -0.39 is 0 Å². The molecule has 0 spiro atoms. The van der Waals surface area contributed by atoms with Gasteiger partial charge in [0.25, 0.3) is 0 Å². The number of nitrogens with zero attached hydrogens (tertiary/aromatic N) is 1. The Morgan fingerprint density at radius 1 is 1.17 bits per heavy atom. The van der Waals surface area contributed by atoms with Crippen molar-refractivity contribution < 1.29 is 9.47 Å². The van der Waals surface area contributed by atoms with Crippen molar-refractivity contribution in [1.82, 2.24) is 10.6 Å². The van der Waals surface area contributed by atoms with Crippen molar-refractivity contribution >= 4 is 5.96 Å². The fourth-order valence-electron chi connectivity index (χ4n) is 2.83. The van der Waals surface area contributed by atoms with Crippen molar-refractivity contribution in [3.63, 3.8) is 0 Å². The third kappa shape index (κ3) is 3.79. The minimum atomic E-state index is 0.132. The van der Waals surface area contributed by atoms with Gasteiger partial charge in [0.15, 0.2) is 5.96 Å². The maximum Gasteiger partial charge on any atom is 0.191 e. The summed E-state index contributed by atoms with van der Waals surface area (Å²) >= 11 is 0. The Bertz CT molecular complexity index is 690. The molecule has 126 valence electrons. The molecule has 1 atom stereocenters. The lowest BCUT2D eigenvalue weighted by Crippen LogP contribution is -2.42. The summed E-state index contributed by atoms with van der Waals surface area (Å²) in [7, 11) is 3.45. The first kappa shape index (κ1) is 16.2. The predicted octanol–water partition coefficient (Wildman–Crippen LogP) is 2.36. The fourth-order valence-corrected chi connectivity index (χ4v) is 2.83. The van der Waals surface area contributed by atoms with Crippen LogP contribution in [0.4, 0.5) is 0 Å². The molecule has 2 N–H and O–H groups in total. The third-order valence-electron chi connectivity index (χ3n) is 4.07. The Hall–Kier alpha value is -2.69. The summed E-state index contributed by atoms with van der Waals surface area (Å²) < 4.78 is 11.3. The second-order valence-electron chi connectivity index (χ2n) is 5.67. The second-order valence-corrected chi connectivity index (χ2v) is 5.67. The zero-order valence-corrected chi connectivity index (χ0v) is 14.1. The Kier molecular flexibility index (Phi) is 5.21. The molecule has 0 saturated carbocycles. The zero-order chi connectivity index (χ0) is 16.8. The van der Waals surface area contributed by atoms with Crippen molar-refractivity contribution in [2.75, 3.05) is 20.7 Å². The standard InChI is InChI=1S/C19H23N3O2/c1-20-19(21-12-15-8-4-5-9-17(15)23-2)22-13-16-11-14-7-3-6-10-18(14)24-16/h3-10,16H,11-13H2,1-2H3,(H2,20,21,22). The highest BCUT2D eigenvalue weighted by atomic mass is 16.5. The molecule has 0 radical (unpaired) electrons. The Morgan fingerprint density at radius 3 is 2.75 bits per heavy atom. The summed E-state index contributed by atoms with van der Waals surface area (Å²) in [6, 6.07) is 16.1. The number of fused-ring (bicyclic) bond motifs is 1. The van der Waals surface area contributed by atoms with Gasteiger partial charge in [0, 0.05) is 25.6 Å². The average Bonchev–Trinajstić information content (AvgIpc) is 3.05. The van der Waals surface area contributed by atoms with Crippen molar-refractivity contribution in [3.05, 3.63) is 59.7 Å². The molecule has 2 aromatic rings. The molecule has 1 aliphatic heterocycles. The van der Waals surface area contributed by atoms with Crippen LogP contribution in [-0.2, 0) is 13.0 Å². The molecular weight excluding hydrogens is 302 g/mol. The molecule has 1 aliphatic rings. The van der Waals surface area contributed by atoms with E-state index in [0.717, 1.165) is 29.4 Å². The smallest absolute Gasteiger partial charge is 0.191 e. The number of ether oxygens (including phenoxy) is 2. The number of aliphatic imine (C=N–C) groups is 1. The van der Waals surface area contributed by atoms with Gasteiger partial charge in [-0.15, -0.1) is 0 Å². The van der Waals surface area contributed by atoms with E-state index >= 15 is 0 Å². The first-order chi connectivity index (χ1) is 11.8. The maximum atomic E-state index is 5.94. The van der Waals surface area contributed by atoms with Gasteiger partial charge in [-0.3, -0.25) is 4.99 Å². The Labute approximate surface area is 142 Å². The number of guanidine groups is 1. The van der Waals surface area contributed by atoms with E-state index in [1.165, 1.54) is 5.56 Å². The predicted molar refractivity (Wildman–Crippen MR) is 95.8 cm³/mol. The van der Waals surface area contributed by atoms with Crippen LogP contribution in [0.2, 0.25) is 0 Å². The van der Waals surface area contributed by atoms with Crippen molar-refractivity contribution in [2.24, 2.45) is 4.99 Å². The molecule has 2 aromatic carbocycles. The average molecular weight is 325 g/mol. The topological polar surface area (TPSA) is 54.9 Å². The number of hydrogen-bond acceptors (Lipinski definition) is 3. The lowest BCUT2D eigenvalue weighted by molar-refractivity contribution is 0.235. The molecule has 24 heavy (non-hydrogen) atoms. The van der Waals surface area contributed by atoms with Gasteiger partial charge in [0.1, 0.15) is 17.6 Å². The number of rotatable bonds is 5. The third-order valence-corrected chi connectivity index (χ3v) is 4.07. The van der Waals surface area contributed by atoms with Crippen LogP contribution >= 0.6 is 0 Å². The highest BCUT2D eigenvalue weighted by Gasteiger charge is 2.22. The van der Waals surface area contributed by atoms with Crippen LogP contribution in [0.1, 0.15) is 11.1 Å². The van der Waals surface area contributed by atoms with Crippen molar-refractivity contribution in [2.45, 2.75) is 19.1 Å². The minimum absolute atomic E-state index is 0.132. The second kappa shape index (κ2) is 7.73. The first-order valence-corrected chi connectivity index (χ1v) is 8.11. The summed E-state index contributed by atoms with van der Waals surface area (Å²) in [4.78, 5) is 4.27. The van der Waals surface area contributed by atoms with Gasteiger partial charge in [-0.25, -0.2) is 0 Å². The number of para-hydroxylation sites is 2. The van der Waals surface area contributed by atoms with Crippen LogP contribution in [0.5, 0.6) is 11.5 Å². The first-order valence-electron chi connectivity index (χ1n) is 8.11. The van der Waals surface area contributed by atoms with E-state index in [1.54, 1.807) is 14.2 Å². The lowest BCUT2D eigenvalue weighted by Gasteiger charge is -2.16. The van der Waals surface area contributed by atoms with Gasteiger partial charge in [-0.05, 0) is 17.7 Å². The number of benzene rings is 2. The molecule has 5 nitrogen and oxygen atoms in total. The van der Waals surface area contributed by atoms with Crippen LogP contribution in [0.3, 0.4) is 0 Å². The van der Waals surface area contributed by atoms with Crippen molar-refractivity contribution in [1.29, 1.82) is 0 Å². The summed E-state index contributed by atoms with van der Waals surface area (Å²) in [6.07, 6.45) is 1.05. The summed E-state index contributed by atoms with van der Waals surface area (Å²) in [5.41, 5.74) is 2.36. The van der Waals surface area contributed by atoms with E-state index in [1.807, 2.05) is 42.5 Å². The van der Waals surface area contributed by atoms with E-state index in [0.29, 0.717) is 13.1 Å². The van der Waals surface area contributed by atoms with Gasteiger partial charge in [-0.1, -0.05) is 36.4 Å². The largest absolute Gasteiger partial charge is 0.496 e. The van der Waals surface area contributed by atoms with E-state index in [9.17, 15) is 0 Å². The van der Waals surface area contributed by atoms with Crippen LogP contribution in [0.25, 0.3) is 0 Å². The summed E-state index contributed by atoms with van der Waals surface area (Å²) in [5, 5.41) is 6.64. The summed E-state index contributed by atoms with van der Waals surface area (Å²) in [5.74, 6) is 2.61. The van der Waals surface area contributed by atoms with E-state index in [4.69, 9.17) is 9.47 Å². The van der Waals surface area contributed by atoms with Gasteiger partial charge in [0.2, 0.25) is 0 Å². The van der Waals surface area contributed by atoms with Crippen molar-refractivity contribution in [3.8, 4) is 11.5 Å². The van der Waals surface area contributed by atoms with Gasteiger partial charge < -0.3 is 20.1 Å². The number of hydrogen-bond donors (Lipinski definition) is 2. The maximum absolute atomic E-state index is 5.94. The molecule has 3 rings (SSSR count). The SMILES string of the molecule is CN=C(NCc1ccccc1OC)NCC1Cc2ccccc2O1. The molecule has 0 aromatic heterocycles. The molecule has 0 saturated heterocycles. The monoisotopic (exact) mass is 325 g/mol. The Balaban J connectivity index is 1.50. The number of methoxy groups -OCH3 is 1. The molecular formula is C19H23N3O2. The van der Waals surface area contributed by atoms with Gasteiger partial charge in [-0.2, -0.15) is 0 Å². The fraction of sp³-hybridized carbons (Fsp3) is 0.316. The van der Waals surface area contributed by atoms with Gasteiger partial charge in [0.05, 0.1) is 13.7 Å². The van der Waals surface area contributed by atoms with Crippen LogP contribution in [-0.4, -0.2) is 32.8 Å². The Morgan fingerprint density at radius 2 is 1.96 bits per heavy atom. The quantitative estimate of drug-likeness (QED) is 0.654. The lowest BCUT2D eigenvalue weighted by atomic mass is 10.1. The molecule has 0 amide bonds. The molecule has 1 heterocycles. The molecule has 5 heteroatoms. The molecule has 0 aliphatic carbocycles. The van der Waals surface area contributed by atoms with E-state index in [-0.39, 0.29) is 6.10 Å².